The van der Waals surface area contributed by atoms with Gasteiger partial charge in [-0.25, -0.2) is 0 Å². The topological polar surface area (TPSA) is 25.4 Å². The number of benzene rings is 1. The van der Waals surface area contributed by atoms with Crippen LogP contribution in [0.25, 0.3) is 0 Å². The molecule has 0 amide bonds. The Bertz CT molecular complexity index is 720. The van der Waals surface area contributed by atoms with Crippen molar-refractivity contribution in [3.05, 3.63) is 53.3 Å². The summed E-state index contributed by atoms with van der Waals surface area (Å²) in [5, 5.41) is 0. The minimum atomic E-state index is 0.662. The molecule has 1 fully saturated rings. The zero-order valence-corrected chi connectivity index (χ0v) is 15.2. The van der Waals surface area contributed by atoms with Gasteiger partial charge in [-0.3, -0.25) is 4.98 Å². The first kappa shape index (κ1) is 16.4. The molecule has 3 nitrogen and oxygen atoms in total. The van der Waals surface area contributed by atoms with E-state index in [1.807, 2.05) is 12.4 Å². The van der Waals surface area contributed by atoms with Gasteiger partial charge in [0, 0.05) is 31.2 Å². The summed E-state index contributed by atoms with van der Waals surface area (Å²) >= 11 is 0. The van der Waals surface area contributed by atoms with Crippen molar-refractivity contribution in [3.63, 3.8) is 0 Å². The molecule has 2 aliphatic rings. The van der Waals surface area contributed by atoms with Crippen LogP contribution >= 0.6 is 0 Å². The van der Waals surface area contributed by atoms with Gasteiger partial charge >= 0.3 is 0 Å². The lowest BCUT2D eigenvalue weighted by molar-refractivity contribution is 0.222. The number of ether oxygens (including phenoxy) is 1. The molecule has 1 aliphatic heterocycles. The lowest BCUT2D eigenvalue weighted by Crippen LogP contribution is -2.35. The van der Waals surface area contributed by atoms with Gasteiger partial charge in [-0.15, -0.1) is 0 Å². The van der Waals surface area contributed by atoms with Crippen LogP contribution in [0.5, 0.6) is 5.75 Å². The Labute approximate surface area is 151 Å². The van der Waals surface area contributed by atoms with E-state index in [-0.39, 0.29) is 0 Å². The van der Waals surface area contributed by atoms with Crippen LogP contribution in [0.2, 0.25) is 0 Å². The van der Waals surface area contributed by atoms with Crippen molar-refractivity contribution in [3.8, 4) is 5.75 Å². The lowest BCUT2D eigenvalue weighted by Gasteiger charge is -2.34. The first-order chi connectivity index (χ1) is 12.3. The maximum absolute atomic E-state index is 6.15. The van der Waals surface area contributed by atoms with Gasteiger partial charge in [0.05, 0.1) is 6.61 Å². The molecule has 0 unspecified atom stereocenters. The third-order valence-corrected chi connectivity index (χ3v) is 5.75. The molecule has 0 N–H and O–H groups in total. The number of anilines is 1. The van der Waals surface area contributed by atoms with Crippen molar-refractivity contribution in [1.82, 2.24) is 4.98 Å². The summed E-state index contributed by atoms with van der Waals surface area (Å²) in [5.74, 6) is 1.72. The van der Waals surface area contributed by atoms with Crippen LogP contribution in [0.15, 0.2) is 36.7 Å². The molecular weight excluding hydrogens is 308 g/mol. The highest BCUT2D eigenvalue weighted by Crippen LogP contribution is 2.28. The van der Waals surface area contributed by atoms with E-state index in [1.165, 1.54) is 60.9 Å². The van der Waals surface area contributed by atoms with Gasteiger partial charge in [0.15, 0.2) is 0 Å². The highest BCUT2D eigenvalue weighted by molar-refractivity contribution is 5.51. The Hall–Kier alpha value is -2.03. The van der Waals surface area contributed by atoms with Crippen molar-refractivity contribution < 1.29 is 4.74 Å². The SMILES string of the molecule is Cc1cnccc1N1CCC(COc2ccc3c(c2)CCCC3)CC1. The molecule has 2 aromatic rings. The van der Waals surface area contributed by atoms with Gasteiger partial charge in [-0.1, -0.05) is 6.07 Å². The highest BCUT2D eigenvalue weighted by Gasteiger charge is 2.21. The van der Waals surface area contributed by atoms with E-state index in [0.717, 1.165) is 25.4 Å². The van der Waals surface area contributed by atoms with E-state index in [1.54, 1.807) is 0 Å². The normalized spacial score (nSPS) is 18.0. The van der Waals surface area contributed by atoms with E-state index in [9.17, 15) is 0 Å². The Morgan fingerprint density at radius 3 is 2.68 bits per heavy atom. The second-order valence-electron chi connectivity index (χ2n) is 7.54. The average molecular weight is 336 g/mol. The highest BCUT2D eigenvalue weighted by atomic mass is 16.5. The molecule has 1 aromatic carbocycles. The number of piperidine rings is 1. The molecule has 0 spiro atoms. The standard InChI is InChI=1S/C22H28N2O/c1-17-15-23-11-8-22(17)24-12-9-18(10-13-24)16-25-21-7-6-19-4-2-3-5-20(19)14-21/h6-8,11,14-15,18H,2-5,9-10,12-13,16H2,1H3. The van der Waals surface area contributed by atoms with Gasteiger partial charge in [-0.05, 0) is 86.3 Å². The first-order valence-electron chi connectivity index (χ1n) is 9.70. The molecule has 1 aromatic heterocycles. The predicted octanol–water partition coefficient (Wildman–Crippen LogP) is 4.56. The van der Waals surface area contributed by atoms with Gasteiger partial charge in [0.25, 0.3) is 0 Å². The summed E-state index contributed by atoms with van der Waals surface area (Å²) in [5.41, 5.74) is 5.64. The number of pyridine rings is 1. The molecule has 0 atom stereocenters. The summed E-state index contributed by atoms with van der Waals surface area (Å²) in [6.07, 6.45) is 11.4. The molecule has 3 heteroatoms. The van der Waals surface area contributed by atoms with E-state index in [2.05, 4.69) is 41.1 Å². The second-order valence-corrected chi connectivity index (χ2v) is 7.54. The van der Waals surface area contributed by atoms with E-state index < -0.39 is 0 Å². The Kier molecular flexibility index (Phi) is 4.91. The monoisotopic (exact) mass is 336 g/mol. The summed E-state index contributed by atoms with van der Waals surface area (Å²) in [4.78, 5) is 6.69. The van der Waals surface area contributed by atoms with Crippen LogP contribution < -0.4 is 9.64 Å². The Morgan fingerprint density at radius 2 is 1.88 bits per heavy atom. The number of rotatable bonds is 4. The summed E-state index contributed by atoms with van der Waals surface area (Å²) in [6, 6.07) is 8.86. The average Bonchev–Trinajstić information content (AvgIpc) is 2.67. The number of nitrogens with zero attached hydrogens (tertiary/aromatic N) is 2. The lowest BCUT2D eigenvalue weighted by atomic mass is 9.92. The Balaban J connectivity index is 1.30. The zero-order chi connectivity index (χ0) is 17.1. The third kappa shape index (κ3) is 3.81. The molecule has 0 saturated carbocycles. The van der Waals surface area contributed by atoms with Crippen LogP contribution in [0, 0.1) is 12.8 Å². The predicted molar refractivity (Wildman–Crippen MR) is 102 cm³/mol. The smallest absolute Gasteiger partial charge is 0.119 e. The van der Waals surface area contributed by atoms with E-state index in [4.69, 9.17) is 4.74 Å². The van der Waals surface area contributed by atoms with Gasteiger partial charge < -0.3 is 9.64 Å². The molecule has 0 radical (unpaired) electrons. The summed E-state index contributed by atoms with van der Waals surface area (Å²) < 4.78 is 6.15. The number of fused-ring (bicyclic) bond motifs is 1. The van der Waals surface area contributed by atoms with Crippen molar-refractivity contribution in [1.29, 1.82) is 0 Å². The van der Waals surface area contributed by atoms with E-state index >= 15 is 0 Å². The molecule has 1 aliphatic carbocycles. The summed E-state index contributed by atoms with van der Waals surface area (Å²) in [7, 11) is 0. The van der Waals surface area contributed by atoms with Crippen molar-refractivity contribution in [2.45, 2.75) is 45.4 Å². The molecule has 4 rings (SSSR count). The molecular formula is C22H28N2O. The molecule has 25 heavy (non-hydrogen) atoms. The maximum atomic E-state index is 6.15. The largest absolute Gasteiger partial charge is 0.493 e. The first-order valence-corrected chi connectivity index (χ1v) is 9.70. The minimum absolute atomic E-state index is 0.662. The van der Waals surface area contributed by atoms with Crippen LogP contribution in [-0.4, -0.2) is 24.7 Å². The fourth-order valence-electron chi connectivity index (χ4n) is 4.18. The van der Waals surface area contributed by atoms with Crippen LogP contribution in [0.4, 0.5) is 5.69 Å². The number of hydrogen-bond donors (Lipinski definition) is 0. The van der Waals surface area contributed by atoms with Gasteiger partial charge in [0.2, 0.25) is 0 Å². The number of aryl methyl sites for hydroxylation is 3. The van der Waals surface area contributed by atoms with Gasteiger partial charge in [0.1, 0.15) is 5.75 Å². The fourth-order valence-corrected chi connectivity index (χ4v) is 4.18. The van der Waals surface area contributed by atoms with Crippen LogP contribution in [0.1, 0.15) is 42.4 Å². The molecule has 0 bridgehead atoms. The van der Waals surface area contributed by atoms with Crippen molar-refractivity contribution in [2.75, 3.05) is 24.6 Å². The Morgan fingerprint density at radius 1 is 1.08 bits per heavy atom. The van der Waals surface area contributed by atoms with Crippen LogP contribution in [-0.2, 0) is 12.8 Å². The number of hydrogen-bond acceptors (Lipinski definition) is 3. The molecule has 2 heterocycles. The maximum Gasteiger partial charge on any atom is 0.119 e. The summed E-state index contributed by atoms with van der Waals surface area (Å²) in [6.45, 7) is 5.22. The molecule has 1 saturated heterocycles. The van der Waals surface area contributed by atoms with Crippen molar-refractivity contribution >= 4 is 5.69 Å². The second kappa shape index (κ2) is 7.47. The van der Waals surface area contributed by atoms with E-state index in [0.29, 0.717) is 5.92 Å². The fraction of sp³-hybridized carbons (Fsp3) is 0.500. The third-order valence-electron chi connectivity index (χ3n) is 5.75. The van der Waals surface area contributed by atoms with Crippen LogP contribution in [0.3, 0.4) is 0 Å². The quantitative estimate of drug-likeness (QED) is 0.818. The van der Waals surface area contributed by atoms with Crippen molar-refractivity contribution in [2.24, 2.45) is 5.92 Å². The minimum Gasteiger partial charge on any atom is -0.493 e. The number of aromatic nitrogens is 1. The zero-order valence-electron chi connectivity index (χ0n) is 15.2. The molecule has 132 valence electrons. The van der Waals surface area contributed by atoms with Gasteiger partial charge in [-0.2, -0.15) is 0 Å².